The van der Waals surface area contributed by atoms with Crippen LogP contribution in [0.4, 0.5) is 0 Å². The van der Waals surface area contributed by atoms with Gasteiger partial charge in [0, 0.05) is 0 Å². The first-order valence-corrected chi connectivity index (χ1v) is 29.6. The summed E-state index contributed by atoms with van der Waals surface area (Å²) >= 11 is -1.43. The molecule has 48 heavy (non-hydrogen) atoms. The van der Waals surface area contributed by atoms with Gasteiger partial charge in [-0.05, 0) is 51.4 Å². The van der Waals surface area contributed by atoms with E-state index in [0.717, 1.165) is 38.6 Å². The molecule has 0 radical (unpaired) electrons. The minimum absolute atomic E-state index is 0.523. The number of rotatable bonds is 39. The fourth-order valence-electron chi connectivity index (χ4n) is 5.97. The van der Waals surface area contributed by atoms with Gasteiger partial charge in [-0.2, -0.15) is 0 Å². The molecular formula is C42H86AsNO3P+. The maximum atomic E-state index is 13.5. The van der Waals surface area contributed by atoms with E-state index in [1.807, 2.05) is 0 Å². The van der Waals surface area contributed by atoms with Crippen molar-refractivity contribution in [2.24, 2.45) is 0 Å². The topological polar surface area (TPSA) is 47.6 Å². The van der Waals surface area contributed by atoms with Crippen molar-refractivity contribution in [2.45, 2.75) is 222 Å². The van der Waals surface area contributed by atoms with E-state index in [4.69, 9.17) is 9.05 Å². The predicted octanol–water partition coefficient (Wildman–Crippen LogP) is 15.5. The zero-order chi connectivity index (χ0) is 35.3. The smallest absolute Gasteiger partial charge is 0.0885 e. The Kier molecular flexibility index (Phi) is 37.0. The molecule has 286 valence electrons. The first-order valence-electron chi connectivity index (χ1n) is 21.1. The van der Waals surface area contributed by atoms with Crippen LogP contribution in [0.5, 0.6) is 0 Å². The first kappa shape index (κ1) is 48.1. The monoisotopic (exact) mass is 759 g/mol. The van der Waals surface area contributed by atoms with Gasteiger partial charge in [-0.3, -0.25) is 0 Å². The third-order valence-corrected chi connectivity index (χ3v) is 14.3. The van der Waals surface area contributed by atoms with Crippen LogP contribution in [-0.2, 0) is 13.6 Å². The molecule has 0 saturated heterocycles. The van der Waals surface area contributed by atoms with Crippen molar-refractivity contribution in [1.29, 1.82) is 0 Å². The van der Waals surface area contributed by atoms with Gasteiger partial charge in [-0.15, -0.1) is 0 Å². The molecule has 0 atom stereocenters. The van der Waals surface area contributed by atoms with E-state index in [1.54, 1.807) is 0 Å². The summed E-state index contributed by atoms with van der Waals surface area (Å²) in [6, 6.07) is 0. The van der Waals surface area contributed by atoms with Crippen LogP contribution >= 0.6 is 7.75 Å². The fourth-order valence-corrected chi connectivity index (χ4v) is 9.72. The molecule has 0 unspecified atom stereocenters. The van der Waals surface area contributed by atoms with Crippen molar-refractivity contribution < 1.29 is 13.6 Å². The average molecular weight is 759 g/mol. The van der Waals surface area contributed by atoms with Gasteiger partial charge in [0.25, 0.3) is 0 Å². The summed E-state index contributed by atoms with van der Waals surface area (Å²) in [7, 11) is -3.23. The average Bonchev–Trinajstić information content (AvgIpc) is 3.05. The van der Waals surface area contributed by atoms with Crippen LogP contribution in [0.15, 0.2) is 24.3 Å². The van der Waals surface area contributed by atoms with Crippen molar-refractivity contribution in [3.8, 4) is 0 Å². The van der Waals surface area contributed by atoms with E-state index in [2.05, 4.69) is 60.4 Å². The molecule has 0 heterocycles. The third kappa shape index (κ3) is 38.9. The van der Waals surface area contributed by atoms with Crippen LogP contribution in [0.1, 0.15) is 200 Å². The molecule has 0 aromatic carbocycles. The molecule has 0 fully saturated rings. The Labute approximate surface area is 305 Å². The standard InChI is InChI=1S/C42H86AsNO3P/c1-6-8-10-12-14-16-18-20-22-24-26-28-30-32-34-36-41-46-48(45,44-40-38-39-43(3,4)5)47-42-37-35-33-31-29-27-25-23-21-19-17-15-13-11-9-7-2/h20-23H,6-19,24-42H2,1-5H3,(H,44,45)/q+1/b22-20+,23-21+. The number of unbranched alkanes of at least 4 members (excludes halogenated alkanes) is 24. The summed E-state index contributed by atoms with van der Waals surface area (Å²) in [6.07, 6.45) is 46.6. The molecule has 0 spiro atoms. The number of allylic oxidation sites excluding steroid dienone is 4. The molecule has 0 aromatic rings. The summed E-state index contributed by atoms with van der Waals surface area (Å²) < 4.78 is 25.4. The van der Waals surface area contributed by atoms with Gasteiger partial charge in [-0.25, -0.2) is 0 Å². The van der Waals surface area contributed by atoms with Gasteiger partial charge >= 0.3 is 153 Å². The Bertz CT molecular complexity index is 704. The fraction of sp³-hybridized carbons (Fsp3) is 0.905. The molecule has 0 saturated carbocycles. The zero-order valence-corrected chi connectivity index (χ0v) is 36.0. The van der Waals surface area contributed by atoms with E-state index >= 15 is 0 Å². The van der Waals surface area contributed by atoms with Crippen LogP contribution in [0.2, 0.25) is 22.3 Å². The first-order chi connectivity index (χ1) is 23.3. The number of nitrogens with one attached hydrogen (secondary N) is 1. The van der Waals surface area contributed by atoms with Gasteiger partial charge < -0.3 is 0 Å². The number of hydrogen-bond acceptors (Lipinski definition) is 3. The number of hydrogen-bond donors (Lipinski definition) is 1. The van der Waals surface area contributed by atoms with Crippen LogP contribution in [0, 0.1) is 0 Å². The molecule has 0 bridgehead atoms. The van der Waals surface area contributed by atoms with Crippen molar-refractivity contribution in [3.63, 3.8) is 0 Å². The van der Waals surface area contributed by atoms with Crippen LogP contribution in [0.3, 0.4) is 0 Å². The van der Waals surface area contributed by atoms with Gasteiger partial charge in [0.2, 0.25) is 0 Å². The van der Waals surface area contributed by atoms with Gasteiger partial charge in [0.1, 0.15) is 0 Å². The maximum absolute atomic E-state index is 13.5. The van der Waals surface area contributed by atoms with Crippen LogP contribution in [0.25, 0.3) is 0 Å². The SMILES string of the molecule is CCCCCCCC/C=C/CCCCCCCCOP(=O)(NCCC[As+](C)(C)C)OCCCCCCCC/C=C/CCCCCCCC. The van der Waals surface area contributed by atoms with Crippen molar-refractivity contribution in [2.75, 3.05) is 19.8 Å². The summed E-state index contributed by atoms with van der Waals surface area (Å²) in [6.45, 7) is 6.33. The zero-order valence-electron chi connectivity index (χ0n) is 33.3. The Balaban J connectivity index is 3.97. The second-order valence-corrected chi connectivity index (χ2v) is 27.7. The summed E-state index contributed by atoms with van der Waals surface area (Å²) in [5.74, 6) is 0. The van der Waals surface area contributed by atoms with E-state index in [9.17, 15) is 4.57 Å². The molecule has 6 heteroatoms. The van der Waals surface area contributed by atoms with E-state index in [-0.39, 0.29) is 0 Å². The Morgan fingerprint density at radius 2 is 0.771 bits per heavy atom. The minimum atomic E-state index is -3.23. The minimum Gasteiger partial charge on any atom is -0.0885 e. The molecule has 0 amide bonds. The van der Waals surface area contributed by atoms with Crippen molar-refractivity contribution in [3.05, 3.63) is 24.3 Å². The summed E-state index contributed by atoms with van der Waals surface area (Å²) in [4.78, 5) is 0. The Morgan fingerprint density at radius 3 is 1.10 bits per heavy atom. The van der Waals surface area contributed by atoms with Gasteiger partial charge in [0.15, 0.2) is 0 Å². The van der Waals surface area contributed by atoms with Crippen LogP contribution in [-0.4, -0.2) is 33.3 Å². The molecule has 0 aliphatic carbocycles. The summed E-state index contributed by atoms with van der Waals surface area (Å²) in [5, 5.41) is 4.46. The molecule has 0 aliphatic heterocycles. The molecule has 0 rings (SSSR count). The third-order valence-electron chi connectivity index (χ3n) is 9.15. The Hall–Kier alpha value is 0.148. The quantitative estimate of drug-likeness (QED) is 0.0293. The van der Waals surface area contributed by atoms with E-state index < -0.39 is 21.3 Å². The molecule has 0 aromatic heterocycles. The van der Waals surface area contributed by atoms with Gasteiger partial charge in [-0.1, -0.05) is 102 Å². The molecule has 0 aliphatic rings. The van der Waals surface area contributed by atoms with Crippen LogP contribution < -0.4 is 5.09 Å². The van der Waals surface area contributed by atoms with Gasteiger partial charge in [0.05, 0.1) is 0 Å². The Morgan fingerprint density at radius 1 is 0.458 bits per heavy atom. The van der Waals surface area contributed by atoms with Crippen molar-refractivity contribution in [1.82, 2.24) is 5.09 Å². The van der Waals surface area contributed by atoms with E-state index in [1.165, 1.54) is 159 Å². The van der Waals surface area contributed by atoms with E-state index in [0.29, 0.717) is 13.2 Å². The van der Waals surface area contributed by atoms with Crippen molar-refractivity contribution >= 4 is 21.3 Å². The summed E-state index contributed by atoms with van der Waals surface area (Å²) in [5.41, 5.74) is 7.27. The molecule has 1 N–H and O–H groups in total. The molecule has 4 nitrogen and oxygen atoms in total. The second-order valence-electron chi connectivity index (χ2n) is 15.3. The normalized spacial score (nSPS) is 12.7. The predicted molar refractivity (Wildman–Crippen MR) is 219 cm³/mol. The second kappa shape index (κ2) is 36.9. The molecular weight excluding hydrogens is 672 g/mol.